The van der Waals surface area contributed by atoms with E-state index in [0.29, 0.717) is 5.56 Å². The molecule has 1 unspecified atom stereocenters. The Morgan fingerprint density at radius 3 is 2.30 bits per heavy atom. The van der Waals surface area contributed by atoms with Gasteiger partial charge in [-0.1, -0.05) is 63.8 Å². The number of hydrogen-bond donors (Lipinski definition) is 1. The van der Waals surface area contributed by atoms with Crippen LogP contribution < -0.4 is 0 Å². The van der Waals surface area contributed by atoms with E-state index < -0.39 is 11.7 Å². The summed E-state index contributed by atoms with van der Waals surface area (Å²) in [6.45, 7) is 4.00. The maximum Gasteiger partial charge on any atom is 0.417 e. The molecule has 2 aromatic carbocycles. The number of benzene rings is 2. The second-order valence-electron chi connectivity index (χ2n) is 6.16. The van der Waals surface area contributed by atoms with Gasteiger partial charge in [0.1, 0.15) is 5.75 Å². The first kappa shape index (κ1) is 17.6. The van der Waals surface area contributed by atoms with E-state index in [0.717, 1.165) is 38.2 Å². The lowest BCUT2D eigenvalue weighted by atomic mass is 9.89. The summed E-state index contributed by atoms with van der Waals surface area (Å²) in [4.78, 5) is 0. The van der Waals surface area contributed by atoms with Gasteiger partial charge < -0.3 is 5.11 Å². The third-order valence-electron chi connectivity index (χ3n) is 4.37. The molecule has 23 heavy (non-hydrogen) atoms. The number of rotatable bonds is 6. The molecule has 1 atom stereocenters. The van der Waals surface area contributed by atoms with E-state index in [2.05, 4.69) is 6.92 Å². The Hall–Kier alpha value is -1.71. The van der Waals surface area contributed by atoms with E-state index in [-0.39, 0.29) is 22.4 Å². The molecule has 0 radical (unpaired) electrons. The van der Waals surface area contributed by atoms with Gasteiger partial charge in [-0.05, 0) is 29.4 Å². The van der Waals surface area contributed by atoms with Crippen LogP contribution in [-0.2, 0) is 6.18 Å². The van der Waals surface area contributed by atoms with E-state index in [9.17, 15) is 18.3 Å². The highest BCUT2D eigenvalue weighted by Gasteiger charge is 2.34. The van der Waals surface area contributed by atoms with Crippen LogP contribution in [0, 0.1) is 0 Å². The van der Waals surface area contributed by atoms with Crippen LogP contribution >= 0.6 is 0 Å². The average Bonchev–Trinajstić information content (AvgIpc) is 2.51. The summed E-state index contributed by atoms with van der Waals surface area (Å²) in [5.74, 6) is -0.117. The number of hydrogen-bond acceptors (Lipinski definition) is 1. The van der Waals surface area contributed by atoms with Crippen molar-refractivity contribution >= 4 is 10.8 Å². The Labute approximate surface area is 135 Å². The molecule has 2 aromatic rings. The molecule has 0 aliphatic heterocycles. The van der Waals surface area contributed by atoms with Gasteiger partial charge in [-0.2, -0.15) is 13.2 Å². The highest BCUT2D eigenvalue weighted by Crippen LogP contribution is 2.43. The van der Waals surface area contributed by atoms with Gasteiger partial charge in [-0.3, -0.25) is 0 Å². The first-order valence-electron chi connectivity index (χ1n) is 8.18. The SMILES string of the molecule is CCCCCCC(C)c1cc(C(F)(F)F)c2ccccc2c1O. The Morgan fingerprint density at radius 1 is 1.04 bits per heavy atom. The predicted molar refractivity (Wildman–Crippen MR) is 87.8 cm³/mol. The van der Waals surface area contributed by atoms with Gasteiger partial charge in [-0.25, -0.2) is 0 Å². The van der Waals surface area contributed by atoms with Crippen molar-refractivity contribution in [3.05, 3.63) is 41.5 Å². The van der Waals surface area contributed by atoms with E-state index in [1.165, 1.54) is 6.07 Å². The highest BCUT2D eigenvalue weighted by molar-refractivity contribution is 5.92. The fourth-order valence-corrected chi connectivity index (χ4v) is 3.02. The maximum absolute atomic E-state index is 13.4. The molecule has 0 heterocycles. The van der Waals surface area contributed by atoms with Gasteiger partial charge in [0.2, 0.25) is 0 Å². The molecule has 1 N–H and O–H groups in total. The number of phenols is 1. The molecule has 1 nitrogen and oxygen atoms in total. The van der Waals surface area contributed by atoms with Crippen molar-refractivity contribution in [3.63, 3.8) is 0 Å². The molecule has 0 spiro atoms. The van der Waals surface area contributed by atoms with Crippen LogP contribution in [0.1, 0.15) is 63.0 Å². The van der Waals surface area contributed by atoms with Crippen molar-refractivity contribution in [2.75, 3.05) is 0 Å². The first-order chi connectivity index (χ1) is 10.9. The summed E-state index contributed by atoms with van der Waals surface area (Å²) < 4.78 is 40.1. The minimum absolute atomic E-state index is 0.0170. The summed E-state index contributed by atoms with van der Waals surface area (Å²) in [7, 11) is 0. The van der Waals surface area contributed by atoms with Crippen LogP contribution in [0.25, 0.3) is 10.8 Å². The Kier molecular flexibility index (Phi) is 5.55. The van der Waals surface area contributed by atoms with Gasteiger partial charge in [0, 0.05) is 5.39 Å². The van der Waals surface area contributed by atoms with E-state index in [1.807, 2.05) is 6.92 Å². The highest BCUT2D eigenvalue weighted by atomic mass is 19.4. The molecule has 0 aliphatic rings. The molecular weight excluding hydrogens is 301 g/mol. The minimum atomic E-state index is -4.43. The fourth-order valence-electron chi connectivity index (χ4n) is 3.02. The number of fused-ring (bicyclic) bond motifs is 1. The lowest BCUT2D eigenvalue weighted by molar-refractivity contribution is -0.136. The van der Waals surface area contributed by atoms with Crippen molar-refractivity contribution in [1.82, 2.24) is 0 Å². The molecule has 2 rings (SSSR count). The molecule has 0 fully saturated rings. The smallest absolute Gasteiger partial charge is 0.417 e. The van der Waals surface area contributed by atoms with Crippen molar-refractivity contribution < 1.29 is 18.3 Å². The normalized spacial score (nSPS) is 13.4. The summed E-state index contributed by atoms with van der Waals surface area (Å²) in [6.07, 6.45) is 0.634. The molecule has 0 saturated heterocycles. The fraction of sp³-hybridized carbons (Fsp3) is 0.474. The number of aromatic hydroxyl groups is 1. The summed E-state index contributed by atoms with van der Waals surface area (Å²) >= 11 is 0. The zero-order chi connectivity index (χ0) is 17.0. The van der Waals surface area contributed by atoms with Crippen LogP contribution in [0.2, 0.25) is 0 Å². The topological polar surface area (TPSA) is 20.2 Å². The van der Waals surface area contributed by atoms with E-state index in [1.54, 1.807) is 18.2 Å². The van der Waals surface area contributed by atoms with Crippen LogP contribution in [0.3, 0.4) is 0 Å². The Morgan fingerprint density at radius 2 is 1.70 bits per heavy atom. The molecule has 0 amide bonds. The van der Waals surface area contributed by atoms with Crippen molar-refractivity contribution in [3.8, 4) is 5.75 Å². The summed E-state index contributed by atoms with van der Waals surface area (Å²) in [5, 5.41) is 10.8. The maximum atomic E-state index is 13.4. The standard InChI is InChI=1S/C19H23F3O/c1-3-4-5-6-9-13(2)16-12-17(19(20,21)22)14-10-7-8-11-15(14)18(16)23/h7-8,10-13,23H,3-6,9H2,1-2H3. The zero-order valence-corrected chi connectivity index (χ0v) is 13.6. The monoisotopic (exact) mass is 324 g/mol. The molecule has 0 bridgehead atoms. The number of halogens is 3. The number of unbranched alkanes of at least 4 members (excludes halogenated alkanes) is 3. The number of alkyl halides is 3. The molecule has 4 heteroatoms. The Bertz CT molecular complexity index is 661. The van der Waals surface area contributed by atoms with Crippen LogP contribution in [0.5, 0.6) is 5.75 Å². The molecule has 126 valence electrons. The second-order valence-corrected chi connectivity index (χ2v) is 6.16. The van der Waals surface area contributed by atoms with Gasteiger partial charge in [0.05, 0.1) is 5.56 Å². The molecule has 0 aliphatic carbocycles. The van der Waals surface area contributed by atoms with E-state index in [4.69, 9.17) is 0 Å². The summed E-state index contributed by atoms with van der Waals surface area (Å²) in [6, 6.07) is 7.30. The van der Waals surface area contributed by atoms with Gasteiger partial charge in [-0.15, -0.1) is 0 Å². The molecule has 0 saturated carbocycles. The van der Waals surface area contributed by atoms with Crippen LogP contribution in [0.4, 0.5) is 13.2 Å². The lowest BCUT2D eigenvalue weighted by Gasteiger charge is -2.19. The Balaban J connectivity index is 2.42. The van der Waals surface area contributed by atoms with E-state index >= 15 is 0 Å². The first-order valence-corrected chi connectivity index (χ1v) is 8.18. The van der Waals surface area contributed by atoms with Gasteiger partial charge in [0.15, 0.2) is 0 Å². The van der Waals surface area contributed by atoms with Crippen molar-refractivity contribution in [2.24, 2.45) is 0 Å². The molecular formula is C19H23F3O. The van der Waals surface area contributed by atoms with Crippen molar-refractivity contribution in [2.45, 2.75) is 58.0 Å². The van der Waals surface area contributed by atoms with Crippen LogP contribution in [-0.4, -0.2) is 5.11 Å². The van der Waals surface area contributed by atoms with Crippen LogP contribution in [0.15, 0.2) is 30.3 Å². The van der Waals surface area contributed by atoms with Gasteiger partial charge >= 0.3 is 6.18 Å². The lowest BCUT2D eigenvalue weighted by Crippen LogP contribution is -2.08. The van der Waals surface area contributed by atoms with Crippen molar-refractivity contribution in [1.29, 1.82) is 0 Å². The molecule has 0 aromatic heterocycles. The van der Waals surface area contributed by atoms with Gasteiger partial charge in [0.25, 0.3) is 0 Å². The average molecular weight is 324 g/mol. The minimum Gasteiger partial charge on any atom is -0.507 e. The number of phenolic OH excluding ortho intramolecular Hbond substituents is 1. The summed E-state index contributed by atoms with van der Waals surface area (Å²) in [5.41, 5.74) is -0.270. The third-order valence-corrected chi connectivity index (χ3v) is 4.37. The largest absolute Gasteiger partial charge is 0.507 e. The third kappa shape index (κ3) is 3.98. The zero-order valence-electron chi connectivity index (χ0n) is 13.6. The predicted octanol–water partition coefficient (Wildman–Crippen LogP) is 6.64. The quantitative estimate of drug-likeness (QED) is 0.591. The second kappa shape index (κ2) is 7.24.